The average molecular weight is 284 g/mol. The van der Waals surface area contributed by atoms with E-state index in [0.717, 1.165) is 18.5 Å². The first-order valence-corrected chi connectivity index (χ1v) is 8.21. The van der Waals surface area contributed by atoms with Crippen LogP contribution >= 0.6 is 0 Å². The molecule has 0 aromatic heterocycles. The Bertz CT molecular complexity index is 483. The lowest BCUT2D eigenvalue weighted by Gasteiger charge is -2.24. The summed E-state index contributed by atoms with van der Waals surface area (Å²) in [7, 11) is -1.92. The second-order valence-corrected chi connectivity index (χ2v) is 6.52. The zero-order chi connectivity index (χ0) is 14.5. The Hall–Kier alpha value is -0.910. The van der Waals surface area contributed by atoms with Crippen LogP contribution in [0.2, 0.25) is 0 Å². The molecule has 2 unspecified atom stereocenters. The third-order valence-electron chi connectivity index (χ3n) is 3.49. The molecule has 0 saturated carbocycles. The van der Waals surface area contributed by atoms with Gasteiger partial charge in [-0.05, 0) is 43.6 Å². The third-order valence-corrected chi connectivity index (χ3v) is 4.92. The molecule has 2 N–H and O–H groups in total. The molecule has 0 saturated heterocycles. The Morgan fingerprint density at radius 3 is 2.16 bits per heavy atom. The Kier molecular flexibility index (Phi) is 5.97. The molecule has 108 valence electrons. The van der Waals surface area contributed by atoms with E-state index in [0.29, 0.717) is 16.9 Å². The van der Waals surface area contributed by atoms with Crippen LogP contribution in [0.5, 0.6) is 0 Å². The van der Waals surface area contributed by atoms with E-state index >= 15 is 0 Å². The van der Waals surface area contributed by atoms with Gasteiger partial charge in [0.25, 0.3) is 0 Å². The van der Waals surface area contributed by atoms with Gasteiger partial charge >= 0.3 is 0 Å². The number of sulfonamides is 1. The summed E-state index contributed by atoms with van der Waals surface area (Å²) in [5.41, 5.74) is 1.16. The van der Waals surface area contributed by atoms with E-state index in [-0.39, 0.29) is 0 Å². The van der Waals surface area contributed by atoms with Crippen LogP contribution in [0.25, 0.3) is 0 Å². The van der Waals surface area contributed by atoms with Crippen LogP contribution in [0.1, 0.15) is 38.7 Å². The van der Waals surface area contributed by atoms with Crippen molar-refractivity contribution in [3.05, 3.63) is 29.8 Å². The zero-order valence-corrected chi connectivity index (χ0v) is 12.9. The van der Waals surface area contributed by atoms with Crippen molar-refractivity contribution in [1.29, 1.82) is 0 Å². The molecule has 0 fully saturated rings. The van der Waals surface area contributed by atoms with Gasteiger partial charge in [0.05, 0.1) is 4.90 Å². The van der Waals surface area contributed by atoms with E-state index < -0.39 is 10.0 Å². The maximum absolute atomic E-state index is 11.7. The number of hydrogen-bond donors (Lipinski definition) is 2. The average Bonchev–Trinajstić information content (AvgIpc) is 2.44. The highest BCUT2D eigenvalue weighted by molar-refractivity contribution is 7.89. The molecule has 2 atom stereocenters. The molecule has 1 aromatic carbocycles. The van der Waals surface area contributed by atoms with Gasteiger partial charge in [-0.15, -0.1) is 0 Å². The van der Waals surface area contributed by atoms with Crippen molar-refractivity contribution in [1.82, 2.24) is 10.0 Å². The molecule has 0 bridgehead atoms. The second kappa shape index (κ2) is 7.03. The van der Waals surface area contributed by atoms with Gasteiger partial charge in [0.15, 0.2) is 0 Å². The first kappa shape index (κ1) is 16.1. The van der Waals surface area contributed by atoms with Gasteiger partial charge in [-0.1, -0.05) is 32.9 Å². The minimum Gasteiger partial charge on any atom is -0.314 e. The Labute approximate surface area is 116 Å². The molecule has 0 aliphatic heterocycles. The van der Waals surface area contributed by atoms with E-state index in [9.17, 15) is 8.42 Å². The van der Waals surface area contributed by atoms with Gasteiger partial charge in [0, 0.05) is 6.04 Å². The lowest BCUT2D eigenvalue weighted by atomic mass is 9.92. The molecular formula is C14H24N2O2S. The highest BCUT2D eigenvalue weighted by atomic mass is 32.2. The second-order valence-electron chi connectivity index (χ2n) is 4.64. The molecule has 1 aromatic rings. The molecule has 19 heavy (non-hydrogen) atoms. The van der Waals surface area contributed by atoms with Crippen LogP contribution in [0.3, 0.4) is 0 Å². The van der Waals surface area contributed by atoms with Gasteiger partial charge in [-0.25, -0.2) is 13.1 Å². The minimum atomic E-state index is -3.34. The molecule has 4 nitrogen and oxygen atoms in total. The van der Waals surface area contributed by atoms with Gasteiger partial charge in [0.1, 0.15) is 0 Å². The summed E-state index contributed by atoms with van der Waals surface area (Å²) in [5.74, 6) is 0.358. The summed E-state index contributed by atoms with van der Waals surface area (Å²) in [5, 5.41) is 3.46. The maximum Gasteiger partial charge on any atom is 0.240 e. The molecule has 5 heteroatoms. The van der Waals surface area contributed by atoms with Crippen molar-refractivity contribution >= 4 is 10.0 Å². The summed E-state index contributed by atoms with van der Waals surface area (Å²) in [6, 6.07) is 7.54. The summed E-state index contributed by atoms with van der Waals surface area (Å²) in [6.45, 7) is 7.36. The summed E-state index contributed by atoms with van der Waals surface area (Å²) in [6.07, 6.45) is 1.05. The van der Waals surface area contributed by atoms with Crippen molar-refractivity contribution in [2.45, 2.75) is 44.0 Å². The van der Waals surface area contributed by atoms with Crippen LogP contribution in [0.4, 0.5) is 0 Å². The van der Waals surface area contributed by atoms with E-state index in [1.807, 2.05) is 12.1 Å². The third kappa shape index (κ3) is 4.03. The van der Waals surface area contributed by atoms with E-state index in [2.05, 4.69) is 30.8 Å². The standard InChI is InChI=1S/C14H24N2O2S/c1-5-14(16-6-2)11(3)12-7-9-13(10-8-12)19(17,18)15-4/h7-11,14-16H,5-6H2,1-4H3. The molecule has 1 rings (SSSR count). The summed E-state index contributed by atoms with van der Waals surface area (Å²) < 4.78 is 25.6. The van der Waals surface area contributed by atoms with E-state index in [4.69, 9.17) is 0 Å². The number of benzene rings is 1. The SMILES string of the molecule is CCNC(CC)C(C)c1ccc(S(=O)(=O)NC)cc1. The van der Waals surface area contributed by atoms with E-state index in [1.165, 1.54) is 7.05 Å². The van der Waals surface area contributed by atoms with Crippen molar-refractivity contribution in [3.8, 4) is 0 Å². The minimum absolute atomic E-state index is 0.308. The molecule has 0 amide bonds. The topological polar surface area (TPSA) is 58.2 Å². The Morgan fingerprint density at radius 2 is 1.74 bits per heavy atom. The number of likely N-dealkylation sites (N-methyl/N-ethyl adjacent to an activating group) is 1. The van der Waals surface area contributed by atoms with Crippen molar-refractivity contribution < 1.29 is 8.42 Å². The molecular weight excluding hydrogens is 260 g/mol. The molecule has 0 aliphatic rings. The van der Waals surface area contributed by atoms with Crippen molar-refractivity contribution in [2.75, 3.05) is 13.6 Å². The first-order valence-electron chi connectivity index (χ1n) is 6.73. The summed E-state index contributed by atoms with van der Waals surface area (Å²) >= 11 is 0. The van der Waals surface area contributed by atoms with Crippen molar-refractivity contribution in [2.24, 2.45) is 0 Å². The van der Waals surface area contributed by atoms with Gasteiger partial charge in [-0.3, -0.25) is 0 Å². The smallest absolute Gasteiger partial charge is 0.240 e. The normalized spacial score (nSPS) is 15.2. The first-order chi connectivity index (χ1) is 8.96. The monoisotopic (exact) mass is 284 g/mol. The highest BCUT2D eigenvalue weighted by Gasteiger charge is 2.17. The molecule has 0 spiro atoms. The largest absolute Gasteiger partial charge is 0.314 e. The van der Waals surface area contributed by atoms with Crippen LogP contribution in [-0.4, -0.2) is 28.1 Å². The Balaban J connectivity index is 2.92. The number of hydrogen-bond acceptors (Lipinski definition) is 3. The lowest BCUT2D eigenvalue weighted by molar-refractivity contribution is 0.448. The van der Waals surface area contributed by atoms with Crippen molar-refractivity contribution in [3.63, 3.8) is 0 Å². The van der Waals surface area contributed by atoms with Gasteiger partial charge in [-0.2, -0.15) is 0 Å². The van der Waals surface area contributed by atoms with Gasteiger partial charge in [0.2, 0.25) is 10.0 Å². The van der Waals surface area contributed by atoms with Crippen LogP contribution in [-0.2, 0) is 10.0 Å². The quantitative estimate of drug-likeness (QED) is 0.806. The molecule has 0 radical (unpaired) electrons. The van der Waals surface area contributed by atoms with E-state index in [1.54, 1.807) is 12.1 Å². The summed E-state index contributed by atoms with van der Waals surface area (Å²) in [4.78, 5) is 0.308. The fourth-order valence-corrected chi connectivity index (χ4v) is 2.97. The Morgan fingerprint density at radius 1 is 1.16 bits per heavy atom. The fraction of sp³-hybridized carbons (Fsp3) is 0.571. The number of nitrogens with one attached hydrogen (secondary N) is 2. The zero-order valence-electron chi connectivity index (χ0n) is 12.1. The predicted octanol–water partition coefficient (Wildman–Crippen LogP) is 2.09. The number of rotatable bonds is 7. The van der Waals surface area contributed by atoms with Crippen LogP contribution in [0.15, 0.2) is 29.2 Å². The fourth-order valence-electron chi connectivity index (χ4n) is 2.24. The highest BCUT2D eigenvalue weighted by Crippen LogP contribution is 2.22. The van der Waals surface area contributed by atoms with Crippen LogP contribution in [0, 0.1) is 0 Å². The van der Waals surface area contributed by atoms with Crippen LogP contribution < -0.4 is 10.0 Å². The lowest BCUT2D eigenvalue weighted by Crippen LogP contribution is -2.33. The maximum atomic E-state index is 11.7. The molecule has 0 aliphatic carbocycles. The van der Waals surface area contributed by atoms with Gasteiger partial charge < -0.3 is 5.32 Å². The predicted molar refractivity (Wildman–Crippen MR) is 78.9 cm³/mol. The molecule has 0 heterocycles.